The van der Waals surface area contributed by atoms with Crippen LogP contribution in [-0.4, -0.2) is 59.7 Å². The topological polar surface area (TPSA) is 75.9 Å². The predicted molar refractivity (Wildman–Crippen MR) is 82.3 cm³/mol. The number of aryl methyl sites for hydroxylation is 1. The molecule has 1 fully saturated rings. The van der Waals surface area contributed by atoms with Gasteiger partial charge in [0.15, 0.2) is 5.69 Å². The number of fused-ring (bicyclic) bond motifs is 1. The van der Waals surface area contributed by atoms with Gasteiger partial charge in [-0.05, 0) is 26.2 Å². The van der Waals surface area contributed by atoms with E-state index in [-0.39, 0.29) is 12.0 Å². The smallest absolute Gasteiger partial charge is 0.409 e. The summed E-state index contributed by atoms with van der Waals surface area (Å²) in [7, 11) is 0. The van der Waals surface area contributed by atoms with Gasteiger partial charge in [0, 0.05) is 38.2 Å². The molecule has 2 amide bonds. The van der Waals surface area contributed by atoms with Gasteiger partial charge in [0.05, 0.1) is 6.61 Å². The molecule has 1 saturated heterocycles. The van der Waals surface area contributed by atoms with E-state index >= 15 is 0 Å². The first-order valence-electron chi connectivity index (χ1n) is 8.39. The fourth-order valence-electron chi connectivity index (χ4n) is 3.19. The average Bonchev–Trinajstić information content (AvgIpc) is 2.83. The van der Waals surface area contributed by atoms with Gasteiger partial charge in [-0.1, -0.05) is 11.6 Å². The fourth-order valence-corrected chi connectivity index (χ4v) is 3.19. The van der Waals surface area contributed by atoms with Crippen LogP contribution < -0.4 is 0 Å². The Morgan fingerprint density at radius 2 is 1.78 bits per heavy atom. The van der Waals surface area contributed by atoms with Crippen LogP contribution in [0.3, 0.4) is 0 Å². The number of nitrogens with zero attached hydrogens (tertiary/aromatic N) is 3. The van der Waals surface area contributed by atoms with Gasteiger partial charge in [0.2, 0.25) is 0 Å². The predicted octanol–water partition coefficient (Wildman–Crippen LogP) is 1.86. The third-order valence-corrected chi connectivity index (χ3v) is 4.50. The largest absolute Gasteiger partial charge is 0.450 e. The molecular weight excluding hydrogens is 298 g/mol. The molecular formula is C16H23N3O4. The lowest BCUT2D eigenvalue weighted by atomic mass is 10.1. The number of ether oxygens (including phenoxy) is 1. The van der Waals surface area contributed by atoms with Crippen LogP contribution in [0.25, 0.3) is 0 Å². The van der Waals surface area contributed by atoms with Crippen molar-refractivity contribution < 1.29 is 18.8 Å². The molecule has 0 N–H and O–H groups in total. The van der Waals surface area contributed by atoms with Gasteiger partial charge in [-0.25, -0.2) is 4.79 Å². The lowest BCUT2D eigenvalue weighted by molar-refractivity contribution is 0.0561. The monoisotopic (exact) mass is 321 g/mol. The van der Waals surface area contributed by atoms with Gasteiger partial charge >= 0.3 is 6.09 Å². The van der Waals surface area contributed by atoms with Gasteiger partial charge in [-0.15, -0.1) is 0 Å². The third kappa shape index (κ3) is 3.33. The van der Waals surface area contributed by atoms with Crippen molar-refractivity contribution in [2.45, 2.75) is 39.0 Å². The number of carbonyl (C=O) groups is 2. The zero-order valence-electron chi connectivity index (χ0n) is 13.5. The van der Waals surface area contributed by atoms with Crippen LogP contribution in [0.4, 0.5) is 4.79 Å². The standard InChI is InChI=1S/C16H23N3O4/c1-2-22-16(21)19-10-8-18(9-11-19)15(20)14-12-6-4-3-5-7-13(12)23-17-14/h2-11H2,1H3. The highest BCUT2D eigenvalue weighted by atomic mass is 16.6. The highest BCUT2D eigenvalue weighted by Crippen LogP contribution is 2.24. The molecule has 0 radical (unpaired) electrons. The molecule has 1 aliphatic carbocycles. The molecule has 0 bridgehead atoms. The second-order valence-corrected chi connectivity index (χ2v) is 5.97. The maximum Gasteiger partial charge on any atom is 0.409 e. The highest BCUT2D eigenvalue weighted by molar-refractivity contribution is 5.94. The quantitative estimate of drug-likeness (QED) is 0.777. The number of piperazine rings is 1. The third-order valence-electron chi connectivity index (χ3n) is 4.50. The van der Waals surface area contributed by atoms with Crippen molar-refractivity contribution in [2.24, 2.45) is 0 Å². The maximum absolute atomic E-state index is 12.7. The minimum absolute atomic E-state index is 0.0830. The number of rotatable bonds is 2. The molecule has 23 heavy (non-hydrogen) atoms. The van der Waals surface area contributed by atoms with E-state index in [1.165, 1.54) is 0 Å². The summed E-state index contributed by atoms with van der Waals surface area (Å²) in [4.78, 5) is 27.8. The lowest BCUT2D eigenvalue weighted by Gasteiger charge is -2.33. The summed E-state index contributed by atoms with van der Waals surface area (Å²) < 4.78 is 10.4. The summed E-state index contributed by atoms with van der Waals surface area (Å²) in [5.41, 5.74) is 1.45. The van der Waals surface area contributed by atoms with Crippen molar-refractivity contribution in [3.05, 3.63) is 17.0 Å². The molecule has 2 heterocycles. The van der Waals surface area contributed by atoms with Crippen molar-refractivity contribution in [1.82, 2.24) is 15.0 Å². The highest BCUT2D eigenvalue weighted by Gasteiger charge is 2.30. The van der Waals surface area contributed by atoms with Crippen LogP contribution in [0.2, 0.25) is 0 Å². The van der Waals surface area contributed by atoms with Crippen LogP contribution in [0.5, 0.6) is 0 Å². The Morgan fingerprint density at radius 1 is 1.09 bits per heavy atom. The normalized spacial score (nSPS) is 18.3. The summed E-state index contributed by atoms with van der Waals surface area (Å²) in [6.07, 6.45) is 4.75. The molecule has 0 unspecified atom stereocenters. The Labute approximate surface area is 135 Å². The Hall–Kier alpha value is -2.05. The SMILES string of the molecule is CCOC(=O)N1CCN(C(=O)c2noc3c2CCCCC3)CC1. The molecule has 126 valence electrons. The molecule has 0 atom stereocenters. The lowest BCUT2D eigenvalue weighted by Crippen LogP contribution is -2.50. The number of hydrogen-bond donors (Lipinski definition) is 0. The molecule has 7 heteroatoms. The molecule has 1 aromatic rings. The first kappa shape index (κ1) is 15.8. The van der Waals surface area contributed by atoms with Gasteiger partial charge in [0.25, 0.3) is 5.91 Å². The molecule has 0 saturated carbocycles. The van der Waals surface area contributed by atoms with Crippen molar-refractivity contribution in [1.29, 1.82) is 0 Å². The number of amides is 2. The van der Waals surface area contributed by atoms with E-state index in [0.29, 0.717) is 38.5 Å². The van der Waals surface area contributed by atoms with E-state index in [2.05, 4.69) is 5.16 Å². The van der Waals surface area contributed by atoms with Gasteiger partial charge in [-0.2, -0.15) is 0 Å². The van der Waals surface area contributed by atoms with Crippen LogP contribution in [-0.2, 0) is 17.6 Å². The summed E-state index contributed by atoms with van der Waals surface area (Å²) >= 11 is 0. The first-order valence-corrected chi connectivity index (χ1v) is 8.39. The molecule has 0 aromatic carbocycles. The molecule has 7 nitrogen and oxygen atoms in total. The van der Waals surface area contributed by atoms with E-state index in [1.54, 1.807) is 16.7 Å². The molecule has 2 aliphatic rings. The van der Waals surface area contributed by atoms with E-state index in [0.717, 1.165) is 43.4 Å². The summed E-state index contributed by atoms with van der Waals surface area (Å²) in [6.45, 7) is 4.13. The summed E-state index contributed by atoms with van der Waals surface area (Å²) in [5.74, 6) is 0.788. The minimum Gasteiger partial charge on any atom is -0.450 e. The number of hydrogen-bond acceptors (Lipinski definition) is 5. The Bertz CT molecular complexity index is 576. The Morgan fingerprint density at radius 3 is 2.52 bits per heavy atom. The van der Waals surface area contributed by atoms with Crippen LogP contribution >= 0.6 is 0 Å². The minimum atomic E-state index is -0.310. The van der Waals surface area contributed by atoms with Crippen molar-refractivity contribution in [3.8, 4) is 0 Å². The van der Waals surface area contributed by atoms with Gasteiger partial charge < -0.3 is 19.1 Å². The molecule has 0 spiro atoms. The van der Waals surface area contributed by atoms with E-state index in [4.69, 9.17) is 9.26 Å². The van der Waals surface area contributed by atoms with Crippen molar-refractivity contribution in [2.75, 3.05) is 32.8 Å². The van der Waals surface area contributed by atoms with Crippen LogP contribution in [0.1, 0.15) is 48.0 Å². The second kappa shape index (κ2) is 7.02. The van der Waals surface area contributed by atoms with Crippen molar-refractivity contribution >= 4 is 12.0 Å². The number of carbonyl (C=O) groups excluding carboxylic acids is 2. The zero-order valence-corrected chi connectivity index (χ0v) is 13.5. The van der Waals surface area contributed by atoms with E-state index < -0.39 is 0 Å². The van der Waals surface area contributed by atoms with E-state index in [9.17, 15) is 9.59 Å². The average molecular weight is 321 g/mol. The Kier molecular flexibility index (Phi) is 4.83. The summed E-state index contributed by atoms with van der Waals surface area (Å²) in [6, 6.07) is 0. The molecule has 3 rings (SSSR count). The second-order valence-electron chi connectivity index (χ2n) is 5.97. The van der Waals surface area contributed by atoms with Gasteiger partial charge in [-0.3, -0.25) is 4.79 Å². The fraction of sp³-hybridized carbons (Fsp3) is 0.688. The van der Waals surface area contributed by atoms with Gasteiger partial charge in [0.1, 0.15) is 5.76 Å². The first-order chi connectivity index (χ1) is 11.2. The summed E-state index contributed by atoms with van der Waals surface area (Å²) in [5, 5.41) is 4.03. The maximum atomic E-state index is 12.7. The zero-order chi connectivity index (χ0) is 16.2. The van der Waals surface area contributed by atoms with Crippen LogP contribution in [0.15, 0.2) is 4.52 Å². The van der Waals surface area contributed by atoms with Crippen molar-refractivity contribution in [3.63, 3.8) is 0 Å². The molecule has 1 aromatic heterocycles. The Balaban J connectivity index is 1.64. The molecule has 1 aliphatic heterocycles. The number of aromatic nitrogens is 1. The van der Waals surface area contributed by atoms with Crippen LogP contribution in [0, 0.1) is 0 Å². The van der Waals surface area contributed by atoms with E-state index in [1.807, 2.05) is 0 Å².